The van der Waals surface area contributed by atoms with Crippen LogP contribution in [0.4, 0.5) is 37.2 Å². The van der Waals surface area contributed by atoms with Crippen LogP contribution in [0.3, 0.4) is 0 Å². The Kier molecular flexibility index (Phi) is 6.02. The topological polar surface area (TPSA) is 45.2 Å². The van der Waals surface area contributed by atoms with E-state index >= 15 is 0 Å². The molecule has 2 heterocycles. The van der Waals surface area contributed by atoms with Gasteiger partial charge in [-0.3, -0.25) is 4.79 Å². The third kappa shape index (κ3) is 5.23. The smallest absolute Gasteiger partial charge is 0.347 e. The van der Waals surface area contributed by atoms with Gasteiger partial charge in [0.15, 0.2) is 5.13 Å². The number of hydrogen-bond acceptors (Lipinski definition) is 4. The Labute approximate surface area is 189 Å². The maximum Gasteiger partial charge on any atom is 0.416 e. The summed E-state index contributed by atoms with van der Waals surface area (Å²) in [7, 11) is 0. The molecule has 0 bridgehead atoms. The molecule has 1 aromatic heterocycles. The molecule has 4 nitrogen and oxygen atoms in total. The zero-order valence-corrected chi connectivity index (χ0v) is 18.2. The lowest BCUT2D eigenvalue weighted by atomic mass is 9.97. The first-order valence-corrected chi connectivity index (χ1v) is 10.9. The van der Waals surface area contributed by atoms with Gasteiger partial charge in [-0.25, -0.2) is 4.98 Å². The first kappa shape index (κ1) is 23.3. The molecule has 176 valence electrons. The van der Waals surface area contributed by atoms with E-state index in [1.807, 2.05) is 30.0 Å². The Morgan fingerprint density at radius 3 is 2.36 bits per heavy atom. The Hall–Kier alpha value is -2.82. The van der Waals surface area contributed by atoms with Gasteiger partial charge >= 0.3 is 12.4 Å². The van der Waals surface area contributed by atoms with Gasteiger partial charge in [-0.1, -0.05) is 17.4 Å². The van der Waals surface area contributed by atoms with Crippen LogP contribution < -0.4 is 10.2 Å². The number of alkyl halides is 6. The number of aryl methyl sites for hydroxylation is 1. The van der Waals surface area contributed by atoms with Crippen molar-refractivity contribution in [2.24, 2.45) is 5.92 Å². The van der Waals surface area contributed by atoms with Crippen LogP contribution >= 0.6 is 11.3 Å². The Morgan fingerprint density at radius 2 is 1.73 bits per heavy atom. The summed E-state index contributed by atoms with van der Waals surface area (Å²) in [4.78, 5) is 19.3. The minimum atomic E-state index is -4.98. The Balaban J connectivity index is 1.53. The number of thiazole rings is 1. The molecule has 1 aliphatic rings. The molecule has 33 heavy (non-hydrogen) atoms. The molecule has 11 heteroatoms. The van der Waals surface area contributed by atoms with Gasteiger partial charge in [0.25, 0.3) is 0 Å². The molecule has 1 saturated heterocycles. The number of hydrogen-bond donors (Lipinski definition) is 1. The van der Waals surface area contributed by atoms with Crippen molar-refractivity contribution < 1.29 is 31.1 Å². The van der Waals surface area contributed by atoms with Gasteiger partial charge in [0.2, 0.25) is 5.91 Å². The lowest BCUT2D eigenvalue weighted by molar-refractivity contribution is -0.143. The molecule has 1 aliphatic heterocycles. The first-order chi connectivity index (χ1) is 15.4. The van der Waals surface area contributed by atoms with Crippen molar-refractivity contribution >= 4 is 38.3 Å². The third-order valence-corrected chi connectivity index (χ3v) is 6.53. The highest BCUT2D eigenvalue weighted by molar-refractivity contribution is 7.22. The molecule has 1 unspecified atom stereocenters. The average molecular weight is 487 g/mol. The molecular weight excluding hydrogens is 468 g/mol. The van der Waals surface area contributed by atoms with E-state index in [0.29, 0.717) is 31.5 Å². The predicted octanol–water partition coefficient (Wildman–Crippen LogP) is 6.50. The minimum absolute atomic E-state index is 0.0346. The van der Waals surface area contributed by atoms with Crippen molar-refractivity contribution in [2.45, 2.75) is 32.1 Å². The highest BCUT2D eigenvalue weighted by atomic mass is 32.1. The molecule has 0 saturated carbocycles. The Bertz CT molecular complexity index is 1150. The summed E-state index contributed by atoms with van der Waals surface area (Å²) in [6, 6.07) is 6.93. The van der Waals surface area contributed by atoms with E-state index in [4.69, 9.17) is 0 Å². The van der Waals surface area contributed by atoms with Crippen LogP contribution in [0.15, 0.2) is 36.4 Å². The number of aromatic nitrogens is 1. The molecule has 2 aromatic carbocycles. The van der Waals surface area contributed by atoms with Crippen molar-refractivity contribution in [1.29, 1.82) is 0 Å². The highest BCUT2D eigenvalue weighted by Crippen LogP contribution is 2.38. The van der Waals surface area contributed by atoms with Crippen molar-refractivity contribution in [1.82, 2.24) is 4.98 Å². The maximum atomic E-state index is 13.1. The van der Waals surface area contributed by atoms with Crippen LogP contribution in [0.2, 0.25) is 0 Å². The third-order valence-electron chi connectivity index (χ3n) is 5.45. The number of benzene rings is 2. The molecule has 0 aliphatic carbocycles. The van der Waals surface area contributed by atoms with E-state index in [1.165, 1.54) is 11.3 Å². The zero-order chi connectivity index (χ0) is 24.0. The second-order valence-electron chi connectivity index (χ2n) is 8.04. The molecular formula is C22H19F6N3OS. The highest BCUT2D eigenvalue weighted by Gasteiger charge is 2.37. The SMILES string of the molecule is Cc1ccc2nc(N3CCCC(C(=O)Nc4cc(C(F)(F)F)cc(C(F)(F)F)c4)C3)sc2c1. The van der Waals surface area contributed by atoms with Gasteiger partial charge < -0.3 is 10.2 Å². The summed E-state index contributed by atoms with van der Waals surface area (Å²) in [5, 5.41) is 2.99. The molecule has 0 radical (unpaired) electrons. The fourth-order valence-electron chi connectivity index (χ4n) is 3.79. The average Bonchev–Trinajstić information content (AvgIpc) is 3.15. The van der Waals surface area contributed by atoms with Crippen molar-refractivity contribution in [3.63, 3.8) is 0 Å². The van der Waals surface area contributed by atoms with E-state index in [0.717, 1.165) is 20.9 Å². The standard InChI is InChI=1S/C22H19F6N3OS/c1-12-4-5-17-18(7-12)33-20(30-17)31-6-2-3-13(11-31)19(32)29-16-9-14(21(23,24)25)8-15(10-16)22(26,27)28/h4-5,7-10,13H,2-3,6,11H2,1H3,(H,29,32). The summed E-state index contributed by atoms with van der Waals surface area (Å²) >= 11 is 1.48. The summed E-state index contributed by atoms with van der Waals surface area (Å²) in [5.41, 5.74) is -1.55. The number of nitrogens with one attached hydrogen (secondary N) is 1. The fraction of sp³-hybridized carbons (Fsp3) is 0.364. The second-order valence-corrected chi connectivity index (χ2v) is 9.05. The van der Waals surface area contributed by atoms with E-state index < -0.39 is 41.0 Å². The number of nitrogens with zero attached hydrogens (tertiary/aromatic N) is 2. The van der Waals surface area contributed by atoms with Gasteiger partial charge in [-0.15, -0.1) is 0 Å². The molecule has 1 fully saturated rings. The maximum absolute atomic E-state index is 13.1. The molecule has 4 rings (SSSR count). The summed E-state index contributed by atoms with van der Waals surface area (Å²) < 4.78 is 79.5. The van der Waals surface area contributed by atoms with Crippen LogP contribution in [0.5, 0.6) is 0 Å². The van der Waals surface area contributed by atoms with Crippen molar-refractivity contribution in [2.75, 3.05) is 23.3 Å². The number of halogens is 6. The quantitative estimate of drug-likeness (QED) is 0.429. The molecule has 0 spiro atoms. The van der Waals surface area contributed by atoms with Crippen LogP contribution in [0.1, 0.15) is 29.5 Å². The summed E-state index contributed by atoms with van der Waals surface area (Å²) in [6.07, 6.45) is -8.85. The summed E-state index contributed by atoms with van der Waals surface area (Å²) in [5.74, 6) is -1.22. The van der Waals surface area contributed by atoms with Crippen molar-refractivity contribution in [3.05, 3.63) is 53.1 Å². The van der Waals surface area contributed by atoms with E-state index in [9.17, 15) is 31.1 Å². The number of rotatable bonds is 3. The van der Waals surface area contributed by atoms with Crippen LogP contribution in [0.25, 0.3) is 10.2 Å². The van der Waals surface area contributed by atoms with Crippen LogP contribution in [-0.4, -0.2) is 24.0 Å². The first-order valence-electron chi connectivity index (χ1n) is 10.1. The van der Waals surface area contributed by atoms with E-state index in [-0.39, 0.29) is 12.6 Å². The second kappa shape index (κ2) is 8.51. The van der Waals surface area contributed by atoms with Gasteiger partial charge in [-0.05, 0) is 55.7 Å². The van der Waals surface area contributed by atoms with Gasteiger partial charge in [0, 0.05) is 18.8 Å². The largest absolute Gasteiger partial charge is 0.416 e. The molecule has 1 atom stereocenters. The van der Waals surface area contributed by atoms with Gasteiger partial charge in [0.1, 0.15) is 0 Å². The molecule has 1 amide bonds. The number of carbonyl (C=O) groups excluding carboxylic acids is 1. The molecule has 3 aromatic rings. The number of fused-ring (bicyclic) bond motifs is 1. The van der Waals surface area contributed by atoms with Gasteiger partial charge in [0.05, 0.1) is 27.3 Å². The van der Waals surface area contributed by atoms with Crippen molar-refractivity contribution in [3.8, 4) is 0 Å². The lowest BCUT2D eigenvalue weighted by Crippen LogP contribution is -2.40. The number of piperidine rings is 1. The number of carbonyl (C=O) groups is 1. The van der Waals surface area contributed by atoms with E-state index in [1.54, 1.807) is 0 Å². The fourth-order valence-corrected chi connectivity index (χ4v) is 4.89. The predicted molar refractivity (Wildman–Crippen MR) is 114 cm³/mol. The normalized spacial score (nSPS) is 17.4. The Morgan fingerprint density at radius 1 is 1.06 bits per heavy atom. The monoisotopic (exact) mass is 487 g/mol. The molecule has 1 N–H and O–H groups in total. The lowest BCUT2D eigenvalue weighted by Gasteiger charge is -2.31. The van der Waals surface area contributed by atoms with Crippen LogP contribution in [0, 0.1) is 12.8 Å². The van der Waals surface area contributed by atoms with E-state index in [2.05, 4.69) is 10.3 Å². The number of anilines is 2. The summed E-state index contributed by atoms with van der Waals surface area (Å²) in [6.45, 7) is 2.90. The number of amides is 1. The minimum Gasteiger partial charge on any atom is -0.347 e. The van der Waals surface area contributed by atoms with Crippen LogP contribution in [-0.2, 0) is 17.1 Å². The zero-order valence-electron chi connectivity index (χ0n) is 17.3. The van der Waals surface area contributed by atoms with Gasteiger partial charge in [-0.2, -0.15) is 26.3 Å².